The molecule has 0 N–H and O–H groups in total. The van der Waals surface area contributed by atoms with Crippen LogP contribution in [0.4, 0.5) is 0 Å². The van der Waals surface area contributed by atoms with Crippen molar-refractivity contribution in [1.29, 1.82) is 0 Å². The first-order chi connectivity index (χ1) is 6.36. The predicted octanol–water partition coefficient (Wildman–Crippen LogP) is 2.57. The van der Waals surface area contributed by atoms with Crippen molar-refractivity contribution in [3.05, 3.63) is 34.7 Å². The van der Waals surface area contributed by atoms with Gasteiger partial charge < -0.3 is 4.74 Å². The molecule has 0 radical (unpaired) electrons. The standard InChI is InChI=1S/C9H10ClNO2/c10-7-8-1-3-9(4-2-8)13-6-5-11-12/h1-4H,5-7H2. The van der Waals surface area contributed by atoms with Gasteiger partial charge in [0.1, 0.15) is 18.9 Å². The molecule has 0 heterocycles. The summed E-state index contributed by atoms with van der Waals surface area (Å²) in [6.07, 6.45) is 0. The zero-order valence-corrected chi connectivity index (χ0v) is 7.83. The minimum absolute atomic E-state index is 0.178. The van der Waals surface area contributed by atoms with Gasteiger partial charge in [0.05, 0.1) is 0 Å². The number of halogens is 1. The lowest BCUT2D eigenvalue weighted by Gasteiger charge is -2.03. The van der Waals surface area contributed by atoms with Crippen molar-refractivity contribution in [2.75, 3.05) is 13.2 Å². The molecular weight excluding hydrogens is 190 g/mol. The van der Waals surface area contributed by atoms with Crippen LogP contribution in [-0.4, -0.2) is 13.2 Å². The Bertz CT molecular complexity index is 261. The molecule has 0 fully saturated rings. The Morgan fingerprint density at radius 1 is 1.31 bits per heavy atom. The Balaban J connectivity index is 2.44. The molecule has 0 aliphatic carbocycles. The van der Waals surface area contributed by atoms with Crippen molar-refractivity contribution in [2.45, 2.75) is 5.88 Å². The smallest absolute Gasteiger partial charge is 0.119 e. The van der Waals surface area contributed by atoms with E-state index in [2.05, 4.69) is 5.18 Å². The first-order valence-corrected chi connectivity index (χ1v) is 4.47. The monoisotopic (exact) mass is 199 g/mol. The molecule has 1 aromatic carbocycles. The van der Waals surface area contributed by atoms with Gasteiger partial charge >= 0.3 is 0 Å². The zero-order valence-electron chi connectivity index (χ0n) is 7.07. The Hall–Kier alpha value is -1.09. The summed E-state index contributed by atoms with van der Waals surface area (Å²) in [7, 11) is 0. The quantitative estimate of drug-likeness (QED) is 0.415. The molecule has 3 nitrogen and oxygen atoms in total. The van der Waals surface area contributed by atoms with Gasteiger partial charge in [-0.2, -0.15) is 4.91 Å². The third kappa shape index (κ3) is 3.42. The number of benzene rings is 1. The molecule has 0 aliphatic rings. The fourth-order valence-electron chi connectivity index (χ4n) is 0.876. The molecule has 0 unspecified atom stereocenters. The van der Waals surface area contributed by atoms with Crippen LogP contribution in [0.3, 0.4) is 0 Å². The SMILES string of the molecule is O=NCCOc1ccc(CCl)cc1. The summed E-state index contributed by atoms with van der Waals surface area (Å²) in [6, 6.07) is 7.42. The van der Waals surface area contributed by atoms with Crippen LogP contribution in [0, 0.1) is 4.91 Å². The molecule has 4 heteroatoms. The second-order valence-corrected chi connectivity index (χ2v) is 2.75. The van der Waals surface area contributed by atoms with Gasteiger partial charge in [0, 0.05) is 5.88 Å². The molecule has 0 atom stereocenters. The lowest BCUT2D eigenvalue weighted by molar-refractivity contribution is 0.328. The number of alkyl halides is 1. The van der Waals surface area contributed by atoms with Crippen LogP contribution in [0.15, 0.2) is 29.4 Å². The van der Waals surface area contributed by atoms with Crippen LogP contribution in [0.5, 0.6) is 5.75 Å². The van der Waals surface area contributed by atoms with Crippen LogP contribution in [0.2, 0.25) is 0 Å². The summed E-state index contributed by atoms with van der Waals surface area (Å²) in [5.74, 6) is 1.23. The Morgan fingerprint density at radius 3 is 2.54 bits per heavy atom. The average molecular weight is 200 g/mol. The van der Waals surface area contributed by atoms with Crippen molar-refractivity contribution < 1.29 is 4.74 Å². The number of nitrogens with zero attached hydrogens (tertiary/aromatic N) is 1. The van der Waals surface area contributed by atoms with E-state index in [1.165, 1.54) is 0 Å². The van der Waals surface area contributed by atoms with Gasteiger partial charge in [-0.25, -0.2) is 0 Å². The van der Waals surface area contributed by atoms with E-state index in [4.69, 9.17) is 16.3 Å². The molecule has 0 aromatic heterocycles. The maximum atomic E-state index is 9.75. The lowest BCUT2D eigenvalue weighted by Crippen LogP contribution is -1.99. The predicted molar refractivity (Wildman–Crippen MR) is 52.2 cm³/mol. The average Bonchev–Trinajstić information content (AvgIpc) is 2.19. The molecule has 70 valence electrons. The van der Waals surface area contributed by atoms with E-state index in [0.717, 1.165) is 11.3 Å². The molecule has 1 rings (SSSR count). The molecule has 13 heavy (non-hydrogen) atoms. The van der Waals surface area contributed by atoms with Gasteiger partial charge in [0.25, 0.3) is 0 Å². The van der Waals surface area contributed by atoms with E-state index in [9.17, 15) is 4.91 Å². The Kier molecular flexibility index (Phi) is 4.26. The second-order valence-electron chi connectivity index (χ2n) is 2.48. The van der Waals surface area contributed by atoms with E-state index in [-0.39, 0.29) is 6.54 Å². The van der Waals surface area contributed by atoms with E-state index < -0.39 is 0 Å². The Morgan fingerprint density at radius 2 is 2.00 bits per heavy atom. The number of ether oxygens (including phenoxy) is 1. The normalized spacial score (nSPS) is 9.62. The van der Waals surface area contributed by atoms with E-state index in [0.29, 0.717) is 12.5 Å². The topological polar surface area (TPSA) is 38.7 Å². The number of rotatable bonds is 5. The minimum Gasteiger partial charge on any atom is -0.492 e. The van der Waals surface area contributed by atoms with Crippen LogP contribution in [-0.2, 0) is 5.88 Å². The maximum absolute atomic E-state index is 9.75. The first-order valence-electron chi connectivity index (χ1n) is 3.93. The lowest BCUT2D eigenvalue weighted by atomic mass is 10.2. The van der Waals surface area contributed by atoms with Gasteiger partial charge in [-0.05, 0) is 17.7 Å². The van der Waals surface area contributed by atoms with Crippen molar-refractivity contribution in [3.63, 3.8) is 0 Å². The second kappa shape index (κ2) is 5.54. The summed E-state index contributed by atoms with van der Waals surface area (Å²) in [6.45, 7) is 0.501. The zero-order chi connectivity index (χ0) is 9.52. The summed E-state index contributed by atoms with van der Waals surface area (Å²) in [5.41, 5.74) is 1.04. The molecule has 0 amide bonds. The summed E-state index contributed by atoms with van der Waals surface area (Å²) in [4.78, 5) is 9.75. The molecule has 0 saturated heterocycles. The van der Waals surface area contributed by atoms with Gasteiger partial charge in [-0.1, -0.05) is 17.3 Å². The summed E-state index contributed by atoms with van der Waals surface area (Å²) < 4.78 is 5.21. The molecule has 1 aromatic rings. The van der Waals surface area contributed by atoms with E-state index >= 15 is 0 Å². The molecule has 0 bridgehead atoms. The minimum atomic E-state index is 0.178. The maximum Gasteiger partial charge on any atom is 0.119 e. The highest BCUT2D eigenvalue weighted by molar-refractivity contribution is 6.17. The number of nitroso groups, excluding NO2 is 1. The molecule has 0 saturated carbocycles. The van der Waals surface area contributed by atoms with Gasteiger partial charge in [-0.3, -0.25) is 0 Å². The van der Waals surface area contributed by atoms with Crippen LogP contribution in [0.1, 0.15) is 5.56 Å². The van der Waals surface area contributed by atoms with Crippen molar-refractivity contribution >= 4 is 11.6 Å². The molecule has 0 aliphatic heterocycles. The van der Waals surface area contributed by atoms with E-state index in [1.807, 2.05) is 24.3 Å². The largest absolute Gasteiger partial charge is 0.492 e. The highest BCUT2D eigenvalue weighted by atomic mass is 35.5. The third-order valence-corrected chi connectivity index (χ3v) is 1.84. The van der Waals surface area contributed by atoms with Crippen molar-refractivity contribution in [2.24, 2.45) is 5.18 Å². The van der Waals surface area contributed by atoms with Crippen LogP contribution >= 0.6 is 11.6 Å². The van der Waals surface area contributed by atoms with Gasteiger partial charge in [0.2, 0.25) is 0 Å². The highest BCUT2D eigenvalue weighted by Crippen LogP contribution is 2.13. The highest BCUT2D eigenvalue weighted by Gasteiger charge is 1.93. The van der Waals surface area contributed by atoms with Gasteiger partial charge in [0.15, 0.2) is 0 Å². The first kappa shape index (κ1) is 9.99. The Labute approximate surface area is 81.6 Å². The van der Waals surface area contributed by atoms with Gasteiger partial charge in [-0.15, -0.1) is 11.6 Å². The third-order valence-electron chi connectivity index (χ3n) is 1.53. The van der Waals surface area contributed by atoms with Crippen LogP contribution in [0.25, 0.3) is 0 Å². The van der Waals surface area contributed by atoms with Crippen molar-refractivity contribution in [3.8, 4) is 5.75 Å². The summed E-state index contributed by atoms with van der Waals surface area (Å²) in [5, 5.41) is 2.69. The molecule has 0 spiro atoms. The van der Waals surface area contributed by atoms with E-state index in [1.54, 1.807) is 0 Å². The fraction of sp³-hybridized carbons (Fsp3) is 0.333. The number of hydrogen-bond acceptors (Lipinski definition) is 3. The van der Waals surface area contributed by atoms with Crippen molar-refractivity contribution in [1.82, 2.24) is 0 Å². The fourth-order valence-corrected chi connectivity index (χ4v) is 1.05. The summed E-state index contributed by atoms with van der Waals surface area (Å²) >= 11 is 5.61. The van der Waals surface area contributed by atoms with Crippen LogP contribution < -0.4 is 4.74 Å². The molecular formula is C9H10ClNO2. The number of hydrogen-bond donors (Lipinski definition) is 0.